The fraction of sp³-hybridized carbons (Fsp3) is 0.300. The van der Waals surface area contributed by atoms with Gasteiger partial charge in [-0.3, -0.25) is 9.36 Å². The summed E-state index contributed by atoms with van der Waals surface area (Å²) in [7, 11) is 1.60. The molecule has 0 saturated carbocycles. The first kappa shape index (κ1) is 19.4. The Morgan fingerprint density at radius 2 is 1.93 bits per heavy atom. The van der Waals surface area contributed by atoms with Crippen LogP contribution in [0.25, 0.3) is 10.9 Å². The number of hydrogen-bond donors (Lipinski definition) is 0. The third kappa shape index (κ3) is 4.48. The number of rotatable bonds is 8. The molecule has 0 N–H and O–H groups in total. The molecule has 0 fully saturated rings. The van der Waals surface area contributed by atoms with Crippen LogP contribution in [0, 0.1) is 5.82 Å². The van der Waals surface area contributed by atoms with Crippen LogP contribution >= 0.6 is 11.8 Å². The van der Waals surface area contributed by atoms with Crippen LogP contribution in [-0.4, -0.2) is 35.6 Å². The van der Waals surface area contributed by atoms with Crippen molar-refractivity contribution >= 4 is 22.7 Å². The number of methoxy groups -OCH3 is 1. The predicted octanol–water partition coefficient (Wildman–Crippen LogP) is 3.91. The molecule has 0 aliphatic carbocycles. The van der Waals surface area contributed by atoms with Gasteiger partial charge in [-0.05, 0) is 31.2 Å². The summed E-state index contributed by atoms with van der Waals surface area (Å²) in [5.74, 6) is 0.352. The minimum atomic E-state index is -0.392. The number of aromatic nitrogens is 2. The van der Waals surface area contributed by atoms with Gasteiger partial charge in [-0.25, -0.2) is 9.37 Å². The van der Waals surface area contributed by atoms with Gasteiger partial charge in [-0.2, -0.15) is 0 Å². The van der Waals surface area contributed by atoms with Gasteiger partial charge in [0.05, 0.1) is 30.2 Å². The maximum atomic E-state index is 13.6. The topological polar surface area (TPSA) is 53.4 Å². The van der Waals surface area contributed by atoms with E-state index < -0.39 is 5.82 Å². The molecule has 1 heterocycles. The molecule has 0 aliphatic heterocycles. The first-order valence-corrected chi connectivity index (χ1v) is 9.60. The number of thioether (sulfide) groups is 1. The van der Waals surface area contributed by atoms with Crippen molar-refractivity contribution < 1.29 is 13.9 Å². The minimum absolute atomic E-state index is 0.0947. The molecule has 3 rings (SSSR count). The summed E-state index contributed by atoms with van der Waals surface area (Å²) in [4.78, 5) is 17.6. The van der Waals surface area contributed by atoms with Crippen LogP contribution in [0.5, 0.6) is 5.75 Å². The fourth-order valence-electron chi connectivity index (χ4n) is 2.78. The molecule has 1 aromatic heterocycles. The molecule has 1 atom stereocenters. The lowest BCUT2D eigenvalue weighted by Gasteiger charge is -2.19. The quantitative estimate of drug-likeness (QED) is 0.333. The molecule has 5 nitrogen and oxygen atoms in total. The van der Waals surface area contributed by atoms with Gasteiger partial charge in [0.2, 0.25) is 0 Å². The van der Waals surface area contributed by atoms with Gasteiger partial charge in [-0.1, -0.05) is 36.0 Å². The van der Waals surface area contributed by atoms with Crippen molar-refractivity contribution in [3.63, 3.8) is 0 Å². The van der Waals surface area contributed by atoms with E-state index in [9.17, 15) is 9.18 Å². The molecule has 0 aliphatic rings. The molecule has 0 spiro atoms. The van der Waals surface area contributed by atoms with Gasteiger partial charge in [-0.15, -0.1) is 0 Å². The van der Waals surface area contributed by atoms with Gasteiger partial charge in [0.15, 0.2) is 16.7 Å². The van der Waals surface area contributed by atoms with Crippen molar-refractivity contribution in [3.8, 4) is 5.75 Å². The van der Waals surface area contributed by atoms with Crippen molar-refractivity contribution in [3.05, 3.63) is 64.7 Å². The zero-order valence-electron chi connectivity index (χ0n) is 15.2. The van der Waals surface area contributed by atoms with Crippen LogP contribution in [0.2, 0.25) is 0 Å². The normalized spacial score (nSPS) is 12.3. The standard InChI is InChI=1S/C20H21FN2O3S/c1-14(13-25-2)23-19(24)15-7-3-5-9-17(15)22-20(23)27-12-11-26-18-10-6-4-8-16(18)21/h3-10,14H,11-13H2,1-2H3. The van der Waals surface area contributed by atoms with Crippen LogP contribution in [0.15, 0.2) is 58.5 Å². The molecule has 0 bridgehead atoms. The summed E-state index contributed by atoms with van der Waals surface area (Å²) in [6, 6.07) is 13.4. The highest BCUT2D eigenvalue weighted by Gasteiger charge is 2.16. The third-order valence-electron chi connectivity index (χ3n) is 4.03. The Hall–Kier alpha value is -2.38. The molecule has 7 heteroatoms. The molecule has 1 unspecified atom stereocenters. The predicted molar refractivity (Wildman–Crippen MR) is 105 cm³/mol. The summed E-state index contributed by atoms with van der Waals surface area (Å²) in [5, 5.41) is 1.17. The average Bonchev–Trinajstić information content (AvgIpc) is 2.67. The van der Waals surface area contributed by atoms with E-state index in [1.807, 2.05) is 25.1 Å². The Morgan fingerprint density at radius 3 is 2.70 bits per heavy atom. The number of halogens is 1. The molecular formula is C20H21FN2O3S. The second kappa shape index (κ2) is 9.01. The Bertz CT molecular complexity index is 977. The lowest BCUT2D eigenvalue weighted by atomic mass is 10.2. The van der Waals surface area contributed by atoms with Crippen molar-refractivity contribution in [1.82, 2.24) is 9.55 Å². The summed E-state index contributed by atoms with van der Waals surface area (Å²) >= 11 is 1.40. The fourth-order valence-corrected chi connectivity index (χ4v) is 3.69. The number of hydrogen-bond acceptors (Lipinski definition) is 5. The number of fused-ring (bicyclic) bond motifs is 1. The van der Waals surface area contributed by atoms with E-state index in [0.29, 0.717) is 35.0 Å². The molecular weight excluding hydrogens is 367 g/mol. The number of benzene rings is 2. The smallest absolute Gasteiger partial charge is 0.262 e. The zero-order chi connectivity index (χ0) is 19.2. The van der Waals surface area contributed by atoms with Crippen molar-refractivity contribution in [2.75, 3.05) is 26.1 Å². The van der Waals surface area contributed by atoms with E-state index in [0.717, 1.165) is 0 Å². The summed E-state index contributed by atoms with van der Waals surface area (Å²) in [6.07, 6.45) is 0. The van der Waals surface area contributed by atoms with Crippen LogP contribution < -0.4 is 10.3 Å². The molecule has 2 aromatic carbocycles. The Labute approximate surface area is 161 Å². The average molecular weight is 388 g/mol. The van der Waals surface area contributed by atoms with Crippen LogP contribution in [-0.2, 0) is 4.74 Å². The van der Waals surface area contributed by atoms with E-state index in [1.165, 1.54) is 17.8 Å². The van der Waals surface area contributed by atoms with E-state index in [1.54, 1.807) is 35.9 Å². The zero-order valence-corrected chi connectivity index (χ0v) is 16.0. The van der Waals surface area contributed by atoms with E-state index in [-0.39, 0.29) is 17.4 Å². The van der Waals surface area contributed by atoms with Crippen LogP contribution in [0.1, 0.15) is 13.0 Å². The molecule has 0 amide bonds. The molecule has 27 heavy (non-hydrogen) atoms. The highest BCUT2D eigenvalue weighted by Crippen LogP contribution is 2.22. The maximum absolute atomic E-state index is 13.6. The summed E-state index contributed by atoms with van der Waals surface area (Å²) in [6.45, 7) is 2.62. The van der Waals surface area contributed by atoms with Gasteiger partial charge >= 0.3 is 0 Å². The number of para-hydroxylation sites is 2. The van der Waals surface area contributed by atoms with Crippen molar-refractivity contribution in [2.24, 2.45) is 0 Å². The van der Waals surface area contributed by atoms with Gasteiger partial charge < -0.3 is 9.47 Å². The molecule has 0 saturated heterocycles. The highest BCUT2D eigenvalue weighted by molar-refractivity contribution is 7.99. The molecule has 0 radical (unpaired) electrons. The van der Waals surface area contributed by atoms with Gasteiger partial charge in [0, 0.05) is 12.9 Å². The Kier molecular flexibility index (Phi) is 6.47. The van der Waals surface area contributed by atoms with Gasteiger partial charge in [0.1, 0.15) is 0 Å². The number of ether oxygens (including phenoxy) is 2. The Balaban J connectivity index is 1.81. The monoisotopic (exact) mass is 388 g/mol. The highest BCUT2D eigenvalue weighted by atomic mass is 32.2. The van der Waals surface area contributed by atoms with E-state index >= 15 is 0 Å². The van der Waals surface area contributed by atoms with Crippen molar-refractivity contribution in [2.45, 2.75) is 18.1 Å². The van der Waals surface area contributed by atoms with Crippen LogP contribution in [0.4, 0.5) is 4.39 Å². The Morgan fingerprint density at radius 1 is 1.19 bits per heavy atom. The molecule has 3 aromatic rings. The maximum Gasteiger partial charge on any atom is 0.262 e. The van der Waals surface area contributed by atoms with E-state index in [2.05, 4.69) is 4.98 Å². The van der Waals surface area contributed by atoms with Gasteiger partial charge in [0.25, 0.3) is 5.56 Å². The largest absolute Gasteiger partial charge is 0.490 e. The summed E-state index contributed by atoms with van der Waals surface area (Å²) in [5.41, 5.74) is 0.559. The lowest BCUT2D eigenvalue weighted by Crippen LogP contribution is -2.28. The third-order valence-corrected chi connectivity index (χ3v) is 4.95. The van der Waals surface area contributed by atoms with Crippen LogP contribution in [0.3, 0.4) is 0 Å². The van der Waals surface area contributed by atoms with Crippen molar-refractivity contribution in [1.29, 1.82) is 0 Å². The summed E-state index contributed by atoms with van der Waals surface area (Å²) < 4.78 is 26.0. The van der Waals surface area contributed by atoms with E-state index in [4.69, 9.17) is 9.47 Å². The lowest BCUT2D eigenvalue weighted by molar-refractivity contribution is 0.156. The second-order valence-electron chi connectivity index (χ2n) is 6.02. The SMILES string of the molecule is COCC(C)n1c(SCCOc2ccccc2F)nc2ccccc2c1=O. The first-order chi connectivity index (χ1) is 13.1. The second-order valence-corrected chi connectivity index (χ2v) is 7.08. The minimum Gasteiger partial charge on any atom is -0.490 e. The molecule has 142 valence electrons. The first-order valence-electron chi connectivity index (χ1n) is 8.62. The number of nitrogens with zero attached hydrogens (tertiary/aromatic N) is 2.